The molecular formula is C19H20N4O7S2. The molecule has 170 valence electrons. The van der Waals surface area contributed by atoms with Crippen LogP contribution in [0, 0.1) is 0 Å². The van der Waals surface area contributed by atoms with Crippen molar-refractivity contribution in [3.8, 4) is 0 Å². The van der Waals surface area contributed by atoms with Crippen LogP contribution < -0.4 is 0 Å². The fraction of sp³-hybridized carbons (Fsp3) is 0.474. The molecular weight excluding hydrogens is 460 g/mol. The van der Waals surface area contributed by atoms with Gasteiger partial charge in [-0.3, -0.25) is 19.0 Å². The molecule has 4 rings (SSSR count). The van der Waals surface area contributed by atoms with Gasteiger partial charge in [-0.05, 0) is 6.26 Å². The Morgan fingerprint density at radius 2 is 1.78 bits per heavy atom. The molecule has 0 radical (unpaired) electrons. The summed E-state index contributed by atoms with van der Waals surface area (Å²) in [6, 6.07) is 0. The monoisotopic (exact) mass is 480 g/mol. The van der Waals surface area contributed by atoms with Gasteiger partial charge in [-0.2, -0.15) is 0 Å². The molecule has 4 heterocycles. The minimum absolute atomic E-state index is 0.173. The summed E-state index contributed by atoms with van der Waals surface area (Å²) < 4.78 is 24.7. The Balaban J connectivity index is 1.78. The first-order valence-electron chi connectivity index (χ1n) is 9.57. The van der Waals surface area contributed by atoms with Gasteiger partial charge in [0.05, 0.1) is 11.0 Å². The minimum Gasteiger partial charge on any atom is -0.463 e. The number of hydrogen-bond donors (Lipinski definition) is 0. The highest BCUT2D eigenvalue weighted by atomic mass is 32.2. The van der Waals surface area contributed by atoms with Crippen molar-refractivity contribution < 1.29 is 33.3 Å². The summed E-state index contributed by atoms with van der Waals surface area (Å²) in [5, 5.41) is 0.818. The Hall–Kier alpha value is -2.77. The number of esters is 3. The Bertz CT molecular complexity index is 1190. The predicted molar refractivity (Wildman–Crippen MR) is 114 cm³/mol. The molecule has 11 nitrogen and oxygen atoms in total. The second-order valence-corrected chi connectivity index (χ2v) is 8.78. The normalized spacial score (nSPS) is 22.9. The second kappa shape index (κ2) is 9.00. The van der Waals surface area contributed by atoms with Crippen LogP contribution in [0.5, 0.6) is 0 Å². The van der Waals surface area contributed by atoms with Gasteiger partial charge in [-0.25, -0.2) is 15.0 Å². The standard InChI is InChI=1S/C19H20N4O7S2/c1-8(24)27-5-11-14(28-9(2)25)15(29-10(3)26)18(30-11)23-7-22-13-12-16(32-19(13)23)17(31-4)21-6-20-12/h6-7,11,14-15,18H,5H2,1-4H3/t11-,14-,15-,18-/m1/s1. The van der Waals surface area contributed by atoms with Gasteiger partial charge in [-0.15, -0.1) is 23.1 Å². The number of rotatable bonds is 6. The Labute approximate surface area is 190 Å². The lowest BCUT2D eigenvalue weighted by atomic mass is 10.1. The van der Waals surface area contributed by atoms with E-state index in [0.29, 0.717) is 11.0 Å². The molecule has 0 unspecified atom stereocenters. The third-order valence-corrected chi connectivity index (χ3v) is 6.76. The molecule has 0 aliphatic carbocycles. The Morgan fingerprint density at radius 3 is 2.44 bits per heavy atom. The van der Waals surface area contributed by atoms with Crippen LogP contribution in [0.15, 0.2) is 17.7 Å². The quantitative estimate of drug-likeness (QED) is 0.222. The summed E-state index contributed by atoms with van der Waals surface area (Å²) in [4.78, 5) is 48.8. The van der Waals surface area contributed by atoms with Crippen LogP contribution in [0.3, 0.4) is 0 Å². The lowest BCUT2D eigenvalue weighted by molar-refractivity contribution is -0.166. The molecule has 3 aromatic heterocycles. The molecule has 4 atom stereocenters. The lowest BCUT2D eigenvalue weighted by Crippen LogP contribution is -2.40. The molecule has 0 N–H and O–H groups in total. The number of ether oxygens (including phenoxy) is 4. The highest BCUT2D eigenvalue weighted by Crippen LogP contribution is 2.41. The van der Waals surface area contributed by atoms with Gasteiger partial charge in [-0.1, -0.05) is 0 Å². The van der Waals surface area contributed by atoms with Crippen LogP contribution in [0.1, 0.15) is 27.0 Å². The highest BCUT2D eigenvalue weighted by molar-refractivity contribution is 7.98. The first-order valence-corrected chi connectivity index (χ1v) is 11.6. The maximum atomic E-state index is 11.9. The predicted octanol–water partition coefficient (Wildman–Crippen LogP) is 2.09. The van der Waals surface area contributed by atoms with E-state index in [4.69, 9.17) is 18.9 Å². The molecule has 0 bridgehead atoms. The smallest absolute Gasteiger partial charge is 0.303 e. The number of thioether (sulfide) groups is 1. The summed E-state index contributed by atoms with van der Waals surface area (Å²) in [5.41, 5.74) is 1.36. The van der Waals surface area contributed by atoms with Gasteiger partial charge in [0.2, 0.25) is 0 Å². The van der Waals surface area contributed by atoms with Crippen molar-refractivity contribution in [1.82, 2.24) is 19.5 Å². The second-order valence-electron chi connectivity index (χ2n) is 6.98. The number of hydrogen-bond acceptors (Lipinski definition) is 12. The van der Waals surface area contributed by atoms with Crippen LogP contribution in [0.25, 0.3) is 20.6 Å². The average Bonchev–Trinajstić information content (AvgIpc) is 3.38. The number of aromatic nitrogens is 4. The van der Waals surface area contributed by atoms with Crippen molar-refractivity contribution in [3.63, 3.8) is 0 Å². The molecule has 1 aliphatic heterocycles. The zero-order chi connectivity index (χ0) is 23.0. The van der Waals surface area contributed by atoms with E-state index < -0.39 is 42.4 Å². The van der Waals surface area contributed by atoms with E-state index in [2.05, 4.69) is 15.0 Å². The molecule has 1 fully saturated rings. The molecule has 1 saturated heterocycles. The van der Waals surface area contributed by atoms with Crippen molar-refractivity contribution in [2.24, 2.45) is 0 Å². The first kappa shape index (κ1) is 22.4. The van der Waals surface area contributed by atoms with E-state index in [9.17, 15) is 14.4 Å². The number of nitrogens with zero attached hydrogens (tertiary/aromatic N) is 4. The molecule has 0 spiro atoms. The number of imidazole rings is 1. The average molecular weight is 481 g/mol. The molecule has 32 heavy (non-hydrogen) atoms. The first-order chi connectivity index (χ1) is 15.3. The number of thiophene rings is 1. The summed E-state index contributed by atoms with van der Waals surface area (Å²) >= 11 is 2.93. The topological polar surface area (TPSA) is 132 Å². The van der Waals surface area contributed by atoms with Crippen molar-refractivity contribution in [1.29, 1.82) is 0 Å². The van der Waals surface area contributed by atoms with Gasteiger partial charge in [0.25, 0.3) is 0 Å². The van der Waals surface area contributed by atoms with Gasteiger partial charge >= 0.3 is 17.9 Å². The minimum atomic E-state index is -0.981. The van der Waals surface area contributed by atoms with Gasteiger partial charge in [0, 0.05) is 20.8 Å². The van der Waals surface area contributed by atoms with E-state index >= 15 is 0 Å². The van der Waals surface area contributed by atoms with E-state index in [0.717, 1.165) is 14.6 Å². The highest BCUT2D eigenvalue weighted by Gasteiger charge is 2.51. The van der Waals surface area contributed by atoms with Crippen LogP contribution in [-0.4, -0.2) is 68.6 Å². The molecule has 13 heteroatoms. The van der Waals surface area contributed by atoms with E-state index in [1.165, 1.54) is 50.2 Å². The van der Waals surface area contributed by atoms with E-state index in [1.807, 2.05) is 6.26 Å². The molecule has 1 aliphatic rings. The van der Waals surface area contributed by atoms with Gasteiger partial charge in [0.1, 0.15) is 39.9 Å². The molecule has 0 saturated carbocycles. The van der Waals surface area contributed by atoms with Crippen molar-refractivity contribution in [2.75, 3.05) is 12.9 Å². The maximum absolute atomic E-state index is 11.9. The number of carbonyl (C=O) groups is 3. The van der Waals surface area contributed by atoms with Crippen LogP contribution in [0.2, 0.25) is 0 Å². The van der Waals surface area contributed by atoms with E-state index in [-0.39, 0.29) is 6.61 Å². The molecule has 3 aromatic rings. The summed E-state index contributed by atoms with van der Waals surface area (Å²) in [6.07, 6.45) is 1.30. The van der Waals surface area contributed by atoms with Crippen LogP contribution in [0.4, 0.5) is 0 Å². The third kappa shape index (κ3) is 4.14. The zero-order valence-corrected chi connectivity index (χ0v) is 19.3. The number of carbonyl (C=O) groups excluding carboxylic acids is 3. The molecule has 0 aromatic carbocycles. The number of fused-ring (bicyclic) bond motifs is 3. The largest absolute Gasteiger partial charge is 0.463 e. The lowest BCUT2D eigenvalue weighted by Gasteiger charge is -2.23. The van der Waals surface area contributed by atoms with Crippen molar-refractivity contribution in [3.05, 3.63) is 12.7 Å². The van der Waals surface area contributed by atoms with Crippen LogP contribution >= 0.6 is 23.1 Å². The van der Waals surface area contributed by atoms with Crippen molar-refractivity contribution in [2.45, 2.75) is 50.3 Å². The fourth-order valence-electron chi connectivity index (χ4n) is 3.57. The van der Waals surface area contributed by atoms with Crippen molar-refractivity contribution >= 4 is 61.6 Å². The zero-order valence-electron chi connectivity index (χ0n) is 17.6. The third-order valence-electron chi connectivity index (χ3n) is 4.75. The van der Waals surface area contributed by atoms with Gasteiger partial charge < -0.3 is 18.9 Å². The fourth-order valence-corrected chi connectivity index (χ4v) is 5.46. The summed E-state index contributed by atoms with van der Waals surface area (Å²) in [7, 11) is 0. The van der Waals surface area contributed by atoms with E-state index in [1.54, 1.807) is 10.9 Å². The van der Waals surface area contributed by atoms with Gasteiger partial charge in [0.15, 0.2) is 18.4 Å². The summed E-state index contributed by atoms with van der Waals surface area (Å²) in [5.74, 6) is -1.67. The maximum Gasteiger partial charge on any atom is 0.303 e. The molecule has 0 amide bonds. The summed E-state index contributed by atoms with van der Waals surface area (Å²) in [6.45, 7) is 3.58. The Morgan fingerprint density at radius 1 is 1.06 bits per heavy atom. The van der Waals surface area contributed by atoms with Crippen LogP contribution in [-0.2, 0) is 33.3 Å². The Kier molecular flexibility index (Phi) is 6.31. The SMILES string of the molecule is CSc1ncnc2c1sc1c2ncn1[C@@H]1O[C@H](COC(C)=O)[C@@H](OC(C)=O)[C@H]1OC(C)=O.